The van der Waals surface area contributed by atoms with E-state index in [4.69, 9.17) is 9.47 Å². The van der Waals surface area contributed by atoms with Gasteiger partial charge in [-0.05, 0) is 19.1 Å². The molecular weight excluding hydrogens is 240 g/mol. The van der Waals surface area contributed by atoms with Gasteiger partial charge >= 0.3 is 0 Å². The molecule has 1 aromatic carbocycles. The number of methoxy groups -OCH3 is 1. The Morgan fingerprint density at radius 2 is 2.28 bits per heavy atom. The highest BCUT2D eigenvalue weighted by molar-refractivity contribution is 5.48. The third-order valence-corrected chi connectivity index (χ3v) is 2.91. The standard InChI is InChI=1S/C13H17F2NO2/c1-8-3-9-4-11(17-2)10(5-12(9)18-8)6-16-7-13(14)15/h4-5,8,13,16H,3,6-7H2,1-2H3. The maximum atomic E-state index is 12.1. The number of halogens is 2. The Labute approximate surface area is 105 Å². The van der Waals surface area contributed by atoms with E-state index in [2.05, 4.69) is 5.32 Å². The van der Waals surface area contributed by atoms with Gasteiger partial charge in [0.25, 0.3) is 6.43 Å². The molecule has 1 unspecified atom stereocenters. The number of fused-ring (bicyclic) bond motifs is 1. The molecule has 0 aliphatic carbocycles. The van der Waals surface area contributed by atoms with E-state index in [-0.39, 0.29) is 12.6 Å². The molecule has 100 valence electrons. The van der Waals surface area contributed by atoms with Crippen molar-refractivity contribution >= 4 is 0 Å². The first kappa shape index (κ1) is 13.1. The molecule has 3 nitrogen and oxygen atoms in total. The number of alkyl halides is 2. The van der Waals surface area contributed by atoms with Crippen molar-refractivity contribution in [2.24, 2.45) is 0 Å². The zero-order chi connectivity index (χ0) is 13.1. The Kier molecular flexibility index (Phi) is 4.01. The van der Waals surface area contributed by atoms with Gasteiger partial charge in [-0.15, -0.1) is 0 Å². The van der Waals surface area contributed by atoms with Crippen LogP contribution in [0.15, 0.2) is 12.1 Å². The van der Waals surface area contributed by atoms with Crippen LogP contribution in [0.4, 0.5) is 8.78 Å². The minimum Gasteiger partial charge on any atom is -0.496 e. The van der Waals surface area contributed by atoms with Gasteiger partial charge in [0.05, 0.1) is 13.7 Å². The summed E-state index contributed by atoms with van der Waals surface area (Å²) in [4.78, 5) is 0. The highest BCUT2D eigenvalue weighted by Crippen LogP contribution is 2.34. The molecule has 18 heavy (non-hydrogen) atoms. The summed E-state index contributed by atoms with van der Waals surface area (Å²) in [7, 11) is 1.58. The minimum atomic E-state index is -2.35. The van der Waals surface area contributed by atoms with Crippen molar-refractivity contribution in [2.45, 2.75) is 32.4 Å². The molecule has 1 N–H and O–H groups in total. The van der Waals surface area contributed by atoms with Gasteiger partial charge in [-0.2, -0.15) is 0 Å². The molecule has 0 amide bonds. The molecule has 0 aromatic heterocycles. The van der Waals surface area contributed by atoms with Crippen LogP contribution < -0.4 is 14.8 Å². The highest BCUT2D eigenvalue weighted by atomic mass is 19.3. The number of hydrogen-bond acceptors (Lipinski definition) is 3. The number of ether oxygens (including phenoxy) is 2. The first-order chi connectivity index (χ1) is 8.60. The molecule has 0 saturated carbocycles. The Morgan fingerprint density at radius 1 is 1.50 bits per heavy atom. The predicted octanol–water partition coefficient (Wildman–Crippen LogP) is 2.37. The lowest BCUT2D eigenvalue weighted by atomic mass is 10.1. The average Bonchev–Trinajstić information content (AvgIpc) is 2.66. The maximum absolute atomic E-state index is 12.1. The molecule has 0 radical (unpaired) electrons. The van der Waals surface area contributed by atoms with Crippen LogP contribution in [0.3, 0.4) is 0 Å². The first-order valence-electron chi connectivity index (χ1n) is 5.95. The zero-order valence-electron chi connectivity index (χ0n) is 10.5. The van der Waals surface area contributed by atoms with Crippen molar-refractivity contribution in [1.29, 1.82) is 0 Å². The molecular formula is C13H17F2NO2. The van der Waals surface area contributed by atoms with Gasteiger partial charge in [0.15, 0.2) is 0 Å². The zero-order valence-corrected chi connectivity index (χ0v) is 10.5. The number of hydrogen-bond donors (Lipinski definition) is 1. The Morgan fingerprint density at radius 3 is 2.94 bits per heavy atom. The Bertz CT molecular complexity index is 424. The number of benzene rings is 1. The summed E-state index contributed by atoms with van der Waals surface area (Å²) in [5.41, 5.74) is 1.95. The van der Waals surface area contributed by atoms with Gasteiger partial charge in [-0.3, -0.25) is 0 Å². The highest BCUT2D eigenvalue weighted by Gasteiger charge is 2.21. The van der Waals surface area contributed by atoms with Crippen LogP contribution in [0.2, 0.25) is 0 Å². The van der Waals surface area contributed by atoms with Crippen molar-refractivity contribution in [1.82, 2.24) is 5.32 Å². The van der Waals surface area contributed by atoms with Crippen LogP contribution in [0, 0.1) is 0 Å². The van der Waals surface area contributed by atoms with E-state index < -0.39 is 6.43 Å². The summed E-state index contributed by atoms with van der Waals surface area (Å²) in [6.45, 7) is 2.03. The van der Waals surface area contributed by atoms with E-state index in [9.17, 15) is 8.78 Å². The first-order valence-corrected chi connectivity index (χ1v) is 5.95. The van der Waals surface area contributed by atoms with Crippen LogP contribution in [0.5, 0.6) is 11.5 Å². The summed E-state index contributed by atoms with van der Waals surface area (Å²) < 4.78 is 35.1. The van der Waals surface area contributed by atoms with Crippen LogP contribution in [0.1, 0.15) is 18.1 Å². The number of rotatable bonds is 5. The number of nitrogens with one attached hydrogen (secondary N) is 1. The van der Waals surface area contributed by atoms with E-state index in [0.29, 0.717) is 12.3 Å². The molecule has 0 fully saturated rings. The molecule has 1 atom stereocenters. The van der Waals surface area contributed by atoms with Gasteiger partial charge in [0, 0.05) is 24.1 Å². The normalized spacial score (nSPS) is 17.7. The molecule has 1 aliphatic heterocycles. The summed E-state index contributed by atoms with van der Waals surface area (Å²) >= 11 is 0. The summed E-state index contributed by atoms with van der Waals surface area (Å²) in [5.74, 6) is 1.55. The minimum absolute atomic E-state index is 0.161. The van der Waals surface area contributed by atoms with Crippen molar-refractivity contribution in [3.05, 3.63) is 23.3 Å². The molecule has 2 rings (SSSR count). The molecule has 1 aromatic rings. The monoisotopic (exact) mass is 257 g/mol. The maximum Gasteiger partial charge on any atom is 0.250 e. The van der Waals surface area contributed by atoms with Crippen LogP contribution in [-0.2, 0) is 13.0 Å². The fourth-order valence-electron chi connectivity index (χ4n) is 2.13. The van der Waals surface area contributed by atoms with Gasteiger partial charge in [-0.25, -0.2) is 8.78 Å². The lowest BCUT2D eigenvalue weighted by molar-refractivity contribution is 0.145. The molecule has 1 aliphatic rings. The summed E-state index contributed by atoms with van der Waals surface area (Å²) in [5, 5.41) is 2.69. The SMILES string of the molecule is COc1cc2c(cc1CNCC(F)F)OC(C)C2. The van der Waals surface area contributed by atoms with E-state index in [1.807, 2.05) is 19.1 Å². The predicted molar refractivity (Wildman–Crippen MR) is 64.5 cm³/mol. The lowest BCUT2D eigenvalue weighted by Crippen LogP contribution is -2.20. The van der Waals surface area contributed by atoms with Gasteiger partial charge in [0.1, 0.15) is 17.6 Å². The van der Waals surface area contributed by atoms with E-state index >= 15 is 0 Å². The quantitative estimate of drug-likeness (QED) is 0.878. The van der Waals surface area contributed by atoms with Crippen LogP contribution in [-0.4, -0.2) is 26.2 Å². The lowest BCUT2D eigenvalue weighted by Gasteiger charge is -2.11. The smallest absolute Gasteiger partial charge is 0.250 e. The molecule has 1 heterocycles. The van der Waals surface area contributed by atoms with Gasteiger partial charge in [0.2, 0.25) is 0 Å². The van der Waals surface area contributed by atoms with E-state index in [1.54, 1.807) is 7.11 Å². The largest absolute Gasteiger partial charge is 0.496 e. The second-order valence-corrected chi connectivity index (χ2v) is 4.43. The second-order valence-electron chi connectivity index (χ2n) is 4.43. The van der Waals surface area contributed by atoms with Crippen molar-refractivity contribution < 1.29 is 18.3 Å². The van der Waals surface area contributed by atoms with Crippen molar-refractivity contribution in [2.75, 3.05) is 13.7 Å². The van der Waals surface area contributed by atoms with E-state index in [0.717, 1.165) is 23.3 Å². The van der Waals surface area contributed by atoms with Gasteiger partial charge in [-0.1, -0.05) is 0 Å². The summed E-state index contributed by atoms with van der Waals surface area (Å²) in [6.07, 6.45) is -1.33. The molecule has 0 spiro atoms. The second kappa shape index (κ2) is 5.52. The fourth-order valence-corrected chi connectivity index (χ4v) is 2.13. The molecule has 0 bridgehead atoms. The molecule has 5 heteroatoms. The topological polar surface area (TPSA) is 30.5 Å². The van der Waals surface area contributed by atoms with E-state index in [1.165, 1.54) is 0 Å². The fraction of sp³-hybridized carbons (Fsp3) is 0.538. The van der Waals surface area contributed by atoms with Crippen molar-refractivity contribution in [3.63, 3.8) is 0 Å². The van der Waals surface area contributed by atoms with Crippen molar-refractivity contribution in [3.8, 4) is 11.5 Å². The average molecular weight is 257 g/mol. The Hall–Kier alpha value is -1.36. The third-order valence-electron chi connectivity index (χ3n) is 2.91. The van der Waals surface area contributed by atoms with Gasteiger partial charge < -0.3 is 14.8 Å². The van der Waals surface area contributed by atoms with Crippen LogP contribution >= 0.6 is 0 Å². The Balaban J connectivity index is 2.12. The van der Waals surface area contributed by atoms with Crippen LogP contribution in [0.25, 0.3) is 0 Å². The third kappa shape index (κ3) is 2.90. The molecule has 0 saturated heterocycles. The summed E-state index contributed by atoms with van der Waals surface area (Å²) in [6, 6.07) is 3.80.